The molecule has 0 aliphatic heterocycles. The maximum Gasteiger partial charge on any atom is 0.387 e. The fourth-order valence-electron chi connectivity index (χ4n) is 3.49. The van der Waals surface area contributed by atoms with E-state index >= 15 is 0 Å². The number of aromatic nitrogens is 3. The lowest BCUT2D eigenvalue weighted by Crippen LogP contribution is -2.06. The first-order chi connectivity index (χ1) is 16.9. The Labute approximate surface area is 202 Å². The van der Waals surface area contributed by atoms with Gasteiger partial charge in [-0.25, -0.2) is 4.98 Å². The molecule has 0 fully saturated rings. The van der Waals surface area contributed by atoms with Gasteiger partial charge in [-0.2, -0.15) is 8.78 Å². The standard InChI is InChI=1S/C24H23F2N3O5S/c1-14-18(27-11-21(22(14)32-3)33-12-15-7-5-4-6-8-15)13-35(30)24-28-16-9-19(31-2)20(34-23(25)26)10-17(16)29-24/h4-11,23H,12-13H2,1-3H3,(H,28,29). The van der Waals surface area contributed by atoms with E-state index in [0.717, 1.165) is 5.56 Å². The molecule has 0 amide bonds. The summed E-state index contributed by atoms with van der Waals surface area (Å²) in [7, 11) is 1.26. The van der Waals surface area contributed by atoms with Crippen LogP contribution in [0.4, 0.5) is 8.78 Å². The molecular formula is C24H23F2N3O5S. The molecule has 8 nitrogen and oxygen atoms in total. The van der Waals surface area contributed by atoms with Gasteiger partial charge in [0.2, 0.25) is 0 Å². The van der Waals surface area contributed by atoms with Gasteiger partial charge in [-0.3, -0.25) is 9.19 Å². The Kier molecular flexibility index (Phi) is 7.45. The Morgan fingerprint density at radius 1 is 1.06 bits per heavy atom. The van der Waals surface area contributed by atoms with Gasteiger partial charge >= 0.3 is 6.61 Å². The summed E-state index contributed by atoms with van der Waals surface area (Å²) in [4.78, 5) is 11.7. The molecule has 2 heterocycles. The smallest absolute Gasteiger partial charge is 0.387 e. The van der Waals surface area contributed by atoms with Crippen molar-refractivity contribution in [1.29, 1.82) is 0 Å². The fraction of sp³-hybridized carbons (Fsp3) is 0.250. The van der Waals surface area contributed by atoms with Crippen LogP contribution in [-0.2, 0) is 23.2 Å². The number of benzene rings is 2. The summed E-state index contributed by atoms with van der Waals surface area (Å²) in [6.45, 7) is -0.851. The van der Waals surface area contributed by atoms with Crippen LogP contribution >= 0.6 is 0 Å². The third kappa shape index (κ3) is 5.51. The Bertz CT molecular complexity index is 1350. The van der Waals surface area contributed by atoms with Gasteiger partial charge in [0, 0.05) is 17.7 Å². The van der Waals surface area contributed by atoms with E-state index in [-0.39, 0.29) is 22.4 Å². The van der Waals surface area contributed by atoms with Crippen molar-refractivity contribution in [2.45, 2.75) is 31.1 Å². The van der Waals surface area contributed by atoms with Crippen LogP contribution in [0.15, 0.2) is 53.8 Å². The zero-order valence-corrected chi connectivity index (χ0v) is 20.0. The van der Waals surface area contributed by atoms with Gasteiger partial charge in [0.25, 0.3) is 0 Å². The predicted octanol–water partition coefficient (Wildman–Crippen LogP) is 4.77. The van der Waals surface area contributed by atoms with Crippen molar-refractivity contribution in [2.75, 3.05) is 14.2 Å². The molecule has 0 aliphatic rings. The molecule has 2 aromatic heterocycles. The van der Waals surface area contributed by atoms with Crippen molar-refractivity contribution in [1.82, 2.24) is 15.0 Å². The highest BCUT2D eigenvalue weighted by atomic mass is 32.2. The van der Waals surface area contributed by atoms with Gasteiger partial charge in [-0.1, -0.05) is 30.3 Å². The number of ether oxygens (including phenoxy) is 4. The number of methoxy groups -OCH3 is 2. The average molecular weight is 504 g/mol. The number of hydrogen-bond donors (Lipinski definition) is 1. The highest BCUT2D eigenvalue weighted by molar-refractivity contribution is 7.84. The van der Waals surface area contributed by atoms with Crippen molar-refractivity contribution in [3.05, 3.63) is 65.5 Å². The fourth-order valence-corrected chi connectivity index (χ4v) is 4.59. The molecule has 1 N–H and O–H groups in total. The maximum absolute atomic E-state index is 13.1. The normalized spacial score (nSPS) is 12.1. The number of fused-ring (bicyclic) bond motifs is 1. The Balaban J connectivity index is 1.55. The van der Waals surface area contributed by atoms with Crippen LogP contribution < -0.4 is 18.9 Å². The quantitative estimate of drug-likeness (QED) is 0.333. The second-order valence-corrected chi connectivity index (χ2v) is 8.80. The van der Waals surface area contributed by atoms with E-state index in [1.807, 2.05) is 37.3 Å². The highest BCUT2D eigenvalue weighted by Crippen LogP contribution is 2.34. The molecule has 0 saturated heterocycles. The molecule has 1 unspecified atom stereocenters. The Morgan fingerprint density at radius 2 is 1.83 bits per heavy atom. The molecule has 0 bridgehead atoms. The van der Waals surface area contributed by atoms with E-state index in [1.165, 1.54) is 26.4 Å². The third-order valence-electron chi connectivity index (χ3n) is 5.22. The van der Waals surface area contributed by atoms with E-state index < -0.39 is 17.4 Å². The second-order valence-electron chi connectivity index (χ2n) is 7.43. The van der Waals surface area contributed by atoms with Crippen molar-refractivity contribution in [3.63, 3.8) is 0 Å². The minimum absolute atomic E-state index is 0.0541. The molecule has 2 aromatic carbocycles. The number of hydrogen-bond acceptors (Lipinski definition) is 7. The SMILES string of the molecule is COc1cc2nc(S(=O)Cc3ncc(OCc4ccccc4)c(OC)c3C)[nH]c2cc1OC(F)F. The number of nitrogens with one attached hydrogen (secondary N) is 1. The number of aromatic amines is 1. The van der Waals surface area contributed by atoms with E-state index in [0.29, 0.717) is 40.4 Å². The molecule has 11 heteroatoms. The number of alkyl halides is 2. The number of halogens is 2. The summed E-state index contributed by atoms with van der Waals surface area (Å²) in [5.41, 5.74) is 3.03. The summed E-state index contributed by atoms with van der Waals surface area (Å²) in [6.07, 6.45) is 1.54. The predicted molar refractivity (Wildman–Crippen MR) is 126 cm³/mol. The Morgan fingerprint density at radius 3 is 2.51 bits per heavy atom. The number of imidazole rings is 1. The van der Waals surface area contributed by atoms with Crippen molar-refractivity contribution in [3.8, 4) is 23.0 Å². The molecule has 1 atom stereocenters. The summed E-state index contributed by atoms with van der Waals surface area (Å²) >= 11 is 0. The van der Waals surface area contributed by atoms with E-state index in [4.69, 9.17) is 14.2 Å². The van der Waals surface area contributed by atoms with E-state index in [1.54, 1.807) is 6.20 Å². The molecule has 35 heavy (non-hydrogen) atoms. The third-order valence-corrected chi connectivity index (χ3v) is 6.38. The van der Waals surface area contributed by atoms with Crippen molar-refractivity contribution in [2.24, 2.45) is 0 Å². The van der Waals surface area contributed by atoms with Crippen LogP contribution in [-0.4, -0.2) is 40.0 Å². The first kappa shape index (κ1) is 24.4. The van der Waals surface area contributed by atoms with Gasteiger partial charge in [0.1, 0.15) is 6.61 Å². The lowest BCUT2D eigenvalue weighted by atomic mass is 10.2. The van der Waals surface area contributed by atoms with Crippen LogP contribution in [0.25, 0.3) is 11.0 Å². The van der Waals surface area contributed by atoms with Gasteiger partial charge in [-0.05, 0) is 12.5 Å². The number of rotatable bonds is 10. The van der Waals surface area contributed by atoms with Gasteiger partial charge in [0.15, 0.2) is 28.2 Å². The minimum Gasteiger partial charge on any atom is -0.493 e. The van der Waals surface area contributed by atoms with Crippen LogP contribution in [0.5, 0.6) is 23.0 Å². The van der Waals surface area contributed by atoms with E-state index in [2.05, 4.69) is 19.7 Å². The summed E-state index contributed by atoms with van der Waals surface area (Å²) in [5.74, 6) is 0.981. The lowest BCUT2D eigenvalue weighted by Gasteiger charge is -2.15. The van der Waals surface area contributed by atoms with Crippen LogP contribution in [0, 0.1) is 6.92 Å². The van der Waals surface area contributed by atoms with Crippen molar-refractivity contribution >= 4 is 21.8 Å². The molecule has 0 spiro atoms. The zero-order chi connectivity index (χ0) is 24.9. The lowest BCUT2D eigenvalue weighted by molar-refractivity contribution is -0.0511. The molecule has 4 rings (SSSR count). The Hall–Kier alpha value is -3.73. The average Bonchev–Trinajstić information content (AvgIpc) is 3.27. The molecule has 4 aromatic rings. The monoisotopic (exact) mass is 503 g/mol. The van der Waals surface area contributed by atoms with Crippen LogP contribution in [0.1, 0.15) is 16.8 Å². The highest BCUT2D eigenvalue weighted by Gasteiger charge is 2.20. The molecular weight excluding hydrogens is 480 g/mol. The number of nitrogens with zero attached hydrogens (tertiary/aromatic N) is 2. The van der Waals surface area contributed by atoms with Gasteiger partial charge in [-0.15, -0.1) is 0 Å². The maximum atomic E-state index is 13.1. The van der Waals surface area contributed by atoms with Crippen LogP contribution in [0.3, 0.4) is 0 Å². The number of pyridine rings is 1. The molecule has 0 radical (unpaired) electrons. The first-order valence-electron chi connectivity index (χ1n) is 10.5. The van der Waals surface area contributed by atoms with Crippen molar-refractivity contribution < 1.29 is 31.9 Å². The van der Waals surface area contributed by atoms with E-state index in [9.17, 15) is 13.0 Å². The second kappa shape index (κ2) is 10.7. The zero-order valence-electron chi connectivity index (χ0n) is 19.2. The number of H-pyrrole nitrogens is 1. The topological polar surface area (TPSA) is 95.6 Å². The van der Waals surface area contributed by atoms with Gasteiger partial charge in [0.05, 0.1) is 53.7 Å². The minimum atomic E-state index is -3.01. The summed E-state index contributed by atoms with van der Waals surface area (Å²) in [6, 6.07) is 12.5. The summed E-state index contributed by atoms with van der Waals surface area (Å²) < 4.78 is 59.5. The van der Waals surface area contributed by atoms with Gasteiger partial charge < -0.3 is 23.9 Å². The first-order valence-corrected chi connectivity index (χ1v) is 11.8. The molecule has 0 aliphatic carbocycles. The molecule has 184 valence electrons. The largest absolute Gasteiger partial charge is 0.493 e. The summed E-state index contributed by atoms with van der Waals surface area (Å²) in [5, 5.41) is 0.167. The van der Waals surface area contributed by atoms with Crippen LogP contribution in [0.2, 0.25) is 0 Å². The molecule has 0 saturated carbocycles.